The maximum atomic E-state index is 13.9. The van der Waals surface area contributed by atoms with Gasteiger partial charge < -0.3 is 24.4 Å². The van der Waals surface area contributed by atoms with Gasteiger partial charge in [-0.15, -0.1) is 11.6 Å². The number of halogens is 1. The number of methoxy groups -OCH3 is 2. The van der Waals surface area contributed by atoms with Gasteiger partial charge in [0.15, 0.2) is 11.5 Å². The second kappa shape index (κ2) is 14.7. The Kier molecular flexibility index (Phi) is 11.4. The third-order valence-electron chi connectivity index (χ3n) is 6.69. The summed E-state index contributed by atoms with van der Waals surface area (Å²) in [5, 5.41) is 3.24. The number of rotatable bonds is 12. The van der Waals surface area contributed by atoms with E-state index in [-0.39, 0.29) is 30.3 Å². The van der Waals surface area contributed by atoms with Crippen LogP contribution in [-0.4, -0.2) is 49.5 Å². The van der Waals surface area contributed by atoms with E-state index in [0.29, 0.717) is 29.4 Å². The molecule has 0 radical (unpaired) electrons. The van der Waals surface area contributed by atoms with E-state index in [1.165, 1.54) is 17.7 Å². The van der Waals surface area contributed by atoms with Crippen LogP contribution in [0.5, 0.6) is 17.2 Å². The van der Waals surface area contributed by atoms with Gasteiger partial charge >= 0.3 is 0 Å². The molecule has 0 saturated heterocycles. The van der Waals surface area contributed by atoms with Gasteiger partial charge in [-0.25, -0.2) is 0 Å². The Balaban J connectivity index is 2.03. The van der Waals surface area contributed by atoms with E-state index in [4.69, 9.17) is 25.8 Å². The molecule has 0 unspecified atom stereocenters. The summed E-state index contributed by atoms with van der Waals surface area (Å²) in [6, 6.07) is 12.0. The third-order valence-corrected chi connectivity index (χ3v) is 6.92. The highest BCUT2D eigenvalue weighted by molar-refractivity contribution is 6.27. The molecule has 0 bridgehead atoms. The van der Waals surface area contributed by atoms with Crippen molar-refractivity contribution in [3.63, 3.8) is 0 Å². The van der Waals surface area contributed by atoms with E-state index in [1.807, 2.05) is 37.3 Å². The van der Waals surface area contributed by atoms with E-state index in [2.05, 4.69) is 5.32 Å². The maximum Gasteiger partial charge on any atom is 0.247 e. The summed E-state index contributed by atoms with van der Waals surface area (Å²) >= 11 is 6.08. The van der Waals surface area contributed by atoms with E-state index >= 15 is 0 Å². The number of nitrogens with one attached hydrogen (secondary N) is 1. The molecule has 1 aliphatic rings. The zero-order valence-electron chi connectivity index (χ0n) is 22.1. The predicted octanol–water partition coefficient (Wildman–Crippen LogP) is 5.64. The maximum absolute atomic E-state index is 13.9. The van der Waals surface area contributed by atoms with Crippen molar-refractivity contribution < 1.29 is 23.8 Å². The quantitative estimate of drug-likeness (QED) is 0.284. The number of para-hydroxylation sites is 1. The Morgan fingerprint density at radius 2 is 1.70 bits per heavy atom. The molecule has 202 valence electrons. The summed E-state index contributed by atoms with van der Waals surface area (Å²) in [5.74, 6) is 0.906. The van der Waals surface area contributed by atoms with Gasteiger partial charge in [0.1, 0.15) is 17.7 Å². The normalized spacial score (nSPS) is 14.8. The molecule has 1 aliphatic carbocycles. The summed E-state index contributed by atoms with van der Waals surface area (Å²) in [5.41, 5.74) is 1.41. The first kappa shape index (κ1) is 28.6. The van der Waals surface area contributed by atoms with E-state index in [9.17, 15) is 9.59 Å². The molecule has 3 rings (SSSR count). The molecule has 37 heavy (non-hydrogen) atoms. The lowest BCUT2D eigenvalue weighted by molar-refractivity contribution is -0.140. The van der Waals surface area contributed by atoms with Crippen molar-refractivity contribution >= 4 is 23.4 Å². The number of hydrogen-bond acceptors (Lipinski definition) is 5. The van der Waals surface area contributed by atoms with Crippen LogP contribution >= 0.6 is 11.6 Å². The first-order valence-corrected chi connectivity index (χ1v) is 13.6. The van der Waals surface area contributed by atoms with Crippen molar-refractivity contribution in [3.8, 4) is 17.2 Å². The number of amides is 2. The summed E-state index contributed by atoms with van der Waals surface area (Å²) in [7, 11) is 3.15. The number of carbonyl (C=O) groups is 2. The van der Waals surface area contributed by atoms with Gasteiger partial charge in [0.2, 0.25) is 11.8 Å². The Morgan fingerprint density at radius 3 is 2.35 bits per heavy atom. The third kappa shape index (κ3) is 7.78. The van der Waals surface area contributed by atoms with Crippen LogP contribution in [0.1, 0.15) is 69.0 Å². The molecule has 0 spiro atoms. The van der Waals surface area contributed by atoms with Gasteiger partial charge in [0, 0.05) is 11.6 Å². The smallest absolute Gasteiger partial charge is 0.247 e. The second-order valence-electron chi connectivity index (χ2n) is 9.33. The molecule has 1 atom stereocenters. The lowest BCUT2D eigenvalue weighted by atomic mass is 10.0. The van der Waals surface area contributed by atoms with Crippen LogP contribution in [0.25, 0.3) is 0 Å². The SMILES string of the molecule is CCCOc1ccc([C@@H](C(=O)NC2CCCCCC2)N(Cc2ccccc2OC)C(=O)CCl)cc1OC. The van der Waals surface area contributed by atoms with Crippen LogP contribution in [-0.2, 0) is 16.1 Å². The molecule has 0 aromatic heterocycles. The van der Waals surface area contributed by atoms with Crippen molar-refractivity contribution in [2.75, 3.05) is 26.7 Å². The minimum Gasteiger partial charge on any atom is -0.496 e. The summed E-state index contributed by atoms with van der Waals surface area (Å²) in [4.78, 5) is 28.7. The number of nitrogens with zero attached hydrogens (tertiary/aromatic N) is 1. The minimum absolute atomic E-state index is 0.0748. The van der Waals surface area contributed by atoms with E-state index in [0.717, 1.165) is 37.7 Å². The first-order valence-electron chi connectivity index (χ1n) is 13.1. The van der Waals surface area contributed by atoms with Crippen LogP contribution < -0.4 is 19.5 Å². The molecule has 0 heterocycles. The molecule has 7 nitrogen and oxygen atoms in total. The molecule has 1 fully saturated rings. The lowest BCUT2D eigenvalue weighted by Crippen LogP contribution is -2.46. The van der Waals surface area contributed by atoms with Gasteiger partial charge in [0.05, 0.1) is 27.4 Å². The van der Waals surface area contributed by atoms with Gasteiger partial charge in [-0.2, -0.15) is 0 Å². The van der Waals surface area contributed by atoms with Crippen molar-refractivity contribution in [3.05, 3.63) is 53.6 Å². The summed E-state index contributed by atoms with van der Waals surface area (Å²) in [6.45, 7) is 2.74. The summed E-state index contributed by atoms with van der Waals surface area (Å²) < 4.78 is 16.9. The number of carbonyl (C=O) groups excluding carboxylic acids is 2. The Labute approximate surface area is 225 Å². The fourth-order valence-electron chi connectivity index (χ4n) is 4.78. The van der Waals surface area contributed by atoms with Gasteiger partial charge in [0.25, 0.3) is 0 Å². The van der Waals surface area contributed by atoms with Crippen molar-refractivity contribution in [1.82, 2.24) is 10.2 Å². The Bertz CT molecular complexity index is 1020. The monoisotopic (exact) mass is 530 g/mol. The number of hydrogen-bond donors (Lipinski definition) is 1. The van der Waals surface area contributed by atoms with Gasteiger partial charge in [-0.1, -0.05) is 56.9 Å². The number of benzene rings is 2. The van der Waals surface area contributed by atoms with Crippen LogP contribution in [0.15, 0.2) is 42.5 Å². The average molecular weight is 531 g/mol. The lowest BCUT2D eigenvalue weighted by Gasteiger charge is -2.33. The molecule has 8 heteroatoms. The molecule has 2 aromatic carbocycles. The second-order valence-corrected chi connectivity index (χ2v) is 9.59. The fourth-order valence-corrected chi connectivity index (χ4v) is 4.93. The van der Waals surface area contributed by atoms with Crippen LogP contribution in [0.2, 0.25) is 0 Å². The predicted molar refractivity (Wildman–Crippen MR) is 145 cm³/mol. The molecule has 2 amide bonds. The molecule has 1 saturated carbocycles. The molecular formula is C29H39ClN2O5. The van der Waals surface area contributed by atoms with Crippen LogP contribution in [0, 0.1) is 0 Å². The highest BCUT2D eigenvalue weighted by Gasteiger charge is 2.33. The Hall–Kier alpha value is -2.93. The first-order chi connectivity index (χ1) is 18.0. The van der Waals surface area contributed by atoms with Crippen molar-refractivity contribution in [2.24, 2.45) is 0 Å². The zero-order valence-corrected chi connectivity index (χ0v) is 22.9. The van der Waals surface area contributed by atoms with Gasteiger partial charge in [-0.3, -0.25) is 9.59 Å². The van der Waals surface area contributed by atoms with Crippen molar-refractivity contribution in [2.45, 2.75) is 70.5 Å². The molecule has 1 N–H and O–H groups in total. The summed E-state index contributed by atoms with van der Waals surface area (Å²) in [6.07, 6.45) is 7.24. The molecule has 0 aliphatic heterocycles. The topological polar surface area (TPSA) is 77.1 Å². The zero-order chi connectivity index (χ0) is 26.6. The number of alkyl halides is 1. The minimum atomic E-state index is -0.909. The standard InChI is InChI=1S/C29H39ClN2O5/c1-4-17-37-25-16-15-21(18-26(25)36-3)28(29(34)31-23-12-7-5-6-8-13-23)32(27(33)19-30)20-22-11-9-10-14-24(22)35-2/h9-11,14-16,18,23,28H,4-8,12-13,17,19-20H2,1-3H3,(H,31,34)/t28-/m0/s1. The highest BCUT2D eigenvalue weighted by Crippen LogP contribution is 2.34. The van der Waals surface area contributed by atoms with E-state index in [1.54, 1.807) is 26.4 Å². The Morgan fingerprint density at radius 1 is 1.00 bits per heavy atom. The largest absolute Gasteiger partial charge is 0.496 e. The van der Waals surface area contributed by atoms with Gasteiger partial charge in [-0.05, 0) is 43.0 Å². The van der Waals surface area contributed by atoms with Crippen LogP contribution in [0.4, 0.5) is 0 Å². The molecule has 2 aromatic rings. The van der Waals surface area contributed by atoms with E-state index < -0.39 is 6.04 Å². The number of ether oxygens (including phenoxy) is 3. The molecular weight excluding hydrogens is 492 g/mol. The van der Waals surface area contributed by atoms with Crippen molar-refractivity contribution in [1.29, 1.82) is 0 Å². The highest BCUT2D eigenvalue weighted by atomic mass is 35.5. The fraction of sp³-hybridized carbons (Fsp3) is 0.517. The van der Waals surface area contributed by atoms with Crippen LogP contribution in [0.3, 0.4) is 0 Å². The average Bonchev–Trinajstić information content (AvgIpc) is 3.20.